The molecule has 0 N–H and O–H groups in total. The Morgan fingerprint density at radius 3 is 1.64 bits per heavy atom. The second-order valence-electron chi connectivity index (χ2n) is 14.4. The van der Waals surface area contributed by atoms with Crippen LogP contribution in [-0.4, -0.2) is 19.5 Å². The highest BCUT2D eigenvalue weighted by atomic mass is 16.3. The fourth-order valence-electron chi connectivity index (χ4n) is 8.50. The minimum Gasteiger partial charge on any atom is -0.455 e. The van der Waals surface area contributed by atoms with Crippen LogP contribution < -0.4 is 0 Å². The minimum absolute atomic E-state index is 0.206. The first kappa shape index (κ1) is 29.8. The lowest BCUT2D eigenvalue weighted by Crippen LogP contribution is -2.14. The molecule has 5 nitrogen and oxygen atoms in total. The lowest BCUT2D eigenvalue weighted by molar-refractivity contribution is 0.653. The van der Waals surface area contributed by atoms with Gasteiger partial charge in [0, 0.05) is 60.5 Å². The first-order valence-corrected chi connectivity index (χ1v) is 18.0. The van der Waals surface area contributed by atoms with Crippen molar-refractivity contribution in [2.75, 3.05) is 0 Å². The van der Waals surface area contributed by atoms with Crippen LogP contribution in [0.5, 0.6) is 0 Å². The second-order valence-corrected chi connectivity index (χ2v) is 14.4. The Kier molecular flexibility index (Phi) is 6.23. The number of hydrogen-bond donors (Lipinski definition) is 0. The molecule has 0 saturated heterocycles. The standard InChI is InChI=1S/C48H32N4O/c1-48(2)37-27-25-35-33-17-9-11-19-39(33)52(43(35)41(37)42-38(48)28-26-36-34-18-10-12-20-40(34)53-44(36)42)32-23-21-31(22-24-32)47-50-45(29-13-5-3-6-14-29)49-46(51-47)30-15-7-4-8-16-30/h3-28H,1-2H3. The molecule has 3 heterocycles. The molecule has 0 unspecified atom stereocenters. The van der Waals surface area contributed by atoms with Crippen molar-refractivity contribution in [3.63, 3.8) is 0 Å². The van der Waals surface area contributed by atoms with E-state index in [1.165, 1.54) is 38.5 Å². The molecule has 11 rings (SSSR count). The SMILES string of the molecule is CC1(C)c2ccc3c(oc4ccccc43)c2-c2c1ccc1c3ccccc3n(-c3ccc(-c4nc(-c5ccccc5)nc(-c5ccccc5)n4)cc3)c21. The Bertz CT molecular complexity index is 3010. The maximum atomic E-state index is 6.73. The van der Waals surface area contributed by atoms with Crippen LogP contribution in [0.4, 0.5) is 0 Å². The Balaban J connectivity index is 1.14. The van der Waals surface area contributed by atoms with Crippen LogP contribution in [-0.2, 0) is 5.41 Å². The first-order valence-electron chi connectivity index (χ1n) is 18.0. The van der Waals surface area contributed by atoms with Gasteiger partial charge in [0.1, 0.15) is 11.2 Å². The van der Waals surface area contributed by atoms with E-state index in [-0.39, 0.29) is 5.41 Å². The van der Waals surface area contributed by atoms with Crippen molar-refractivity contribution in [1.29, 1.82) is 0 Å². The zero-order valence-corrected chi connectivity index (χ0v) is 29.2. The topological polar surface area (TPSA) is 56.7 Å². The average Bonchev–Trinajstić information content (AvgIpc) is 3.84. The summed E-state index contributed by atoms with van der Waals surface area (Å²) in [6, 6.07) is 55.1. The van der Waals surface area contributed by atoms with Gasteiger partial charge >= 0.3 is 0 Å². The molecular weight excluding hydrogens is 649 g/mol. The molecule has 3 aromatic heterocycles. The molecule has 0 fully saturated rings. The van der Waals surface area contributed by atoms with Gasteiger partial charge in [-0.1, -0.05) is 135 Å². The molecule has 250 valence electrons. The van der Waals surface area contributed by atoms with Crippen LogP contribution in [0.25, 0.3) is 94.7 Å². The average molecular weight is 681 g/mol. The number of fused-ring (bicyclic) bond motifs is 11. The van der Waals surface area contributed by atoms with Gasteiger partial charge in [0.2, 0.25) is 0 Å². The Hall–Kier alpha value is -6.85. The van der Waals surface area contributed by atoms with Crippen LogP contribution in [0, 0.1) is 0 Å². The third-order valence-corrected chi connectivity index (χ3v) is 11.1. The van der Waals surface area contributed by atoms with Gasteiger partial charge in [0.25, 0.3) is 0 Å². The fourth-order valence-corrected chi connectivity index (χ4v) is 8.50. The molecule has 0 bridgehead atoms. The number of para-hydroxylation sites is 2. The maximum Gasteiger partial charge on any atom is 0.164 e. The Morgan fingerprint density at radius 1 is 0.453 bits per heavy atom. The van der Waals surface area contributed by atoms with E-state index >= 15 is 0 Å². The molecule has 10 aromatic rings. The summed E-state index contributed by atoms with van der Waals surface area (Å²) in [6.07, 6.45) is 0. The van der Waals surface area contributed by atoms with E-state index in [4.69, 9.17) is 19.4 Å². The summed E-state index contributed by atoms with van der Waals surface area (Å²) in [5, 5.41) is 4.73. The Morgan fingerprint density at radius 2 is 0.981 bits per heavy atom. The first-order chi connectivity index (χ1) is 26.0. The summed E-state index contributed by atoms with van der Waals surface area (Å²) in [6.45, 7) is 4.67. The van der Waals surface area contributed by atoms with Crippen molar-refractivity contribution < 1.29 is 4.42 Å². The number of furan rings is 1. The minimum atomic E-state index is -0.206. The molecule has 53 heavy (non-hydrogen) atoms. The summed E-state index contributed by atoms with van der Waals surface area (Å²) < 4.78 is 9.16. The lowest BCUT2D eigenvalue weighted by atomic mass is 9.82. The monoisotopic (exact) mass is 680 g/mol. The van der Waals surface area contributed by atoms with E-state index in [1.54, 1.807) is 0 Å². The lowest BCUT2D eigenvalue weighted by Gasteiger charge is -2.21. The van der Waals surface area contributed by atoms with Gasteiger partial charge < -0.3 is 8.98 Å². The summed E-state index contributed by atoms with van der Waals surface area (Å²) in [5.41, 5.74) is 12.9. The fraction of sp³-hybridized carbons (Fsp3) is 0.0625. The van der Waals surface area contributed by atoms with Crippen LogP contribution >= 0.6 is 0 Å². The van der Waals surface area contributed by atoms with Crippen molar-refractivity contribution in [2.45, 2.75) is 19.3 Å². The van der Waals surface area contributed by atoms with Gasteiger partial charge in [0.15, 0.2) is 17.5 Å². The van der Waals surface area contributed by atoms with Crippen molar-refractivity contribution in [3.05, 3.63) is 169 Å². The molecular formula is C48H32N4O. The smallest absolute Gasteiger partial charge is 0.164 e. The number of benzene rings is 7. The highest BCUT2D eigenvalue weighted by Crippen LogP contribution is 2.56. The molecule has 0 saturated carbocycles. The molecule has 0 amide bonds. The summed E-state index contributed by atoms with van der Waals surface area (Å²) in [7, 11) is 0. The molecule has 0 atom stereocenters. The maximum absolute atomic E-state index is 6.73. The zero-order valence-electron chi connectivity index (χ0n) is 29.2. The third-order valence-electron chi connectivity index (χ3n) is 11.1. The molecule has 1 aliphatic carbocycles. The largest absolute Gasteiger partial charge is 0.455 e. The molecule has 0 spiro atoms. The van der Waals surface area contributed by atoms with Gasteiger partial charge in [-0.15, -0.1) is 0 Å². The van der Waals surface area contributed by atoms with Crippen molar-refractivity contribution in [3.8, 4) is 51.0 Å². The second kappa shape index (κ2) is 11.1. The molecule has 7 aromatic carbocycles. The van der Waals surface area contributed by atoms with Gasteiger partial charge in [0.05, 0.1) is 11.0 Å². The highest BCUT2D eigenvalue weighted by molar-refractivity contribution is 6.20. The molecule has 5 heteroatoms. The number of hydrogen-bond acceptors (Lipinski definition) is 4. The van der Waals surface area contributed by atoms with Gasteiger partial charge in [-0.05, 0) is 47.5 Å². The predicted molar refractivity (Wildman–Crippen MR) is 215 cm³/mol. The zero-order chi connectivity index (χ0) is 35.3. The van der Waals surface area contributed by atoms with Crippen LogP contribution in [0.15, 0.2) is 162 Å². The molecule has 1 aliphatic rings. The normalized spacial score (nSPS) is 13.2. The van der Waals surface area contributed by atoms with E-state index < -0.39 is 0 Å². The number of rotatable bonds is 4. The third kappa shape index (κ3) is 4.34. The van der Waals surface area contributed by atoms with E-state index in [2.05, 4.69) is 109 Å². The summed E-state index contributed by atoms with van der Waals surface area (Å²) in [5.74, 6) is 1.93. The van der Waals surface area contributed by atoms with Crippen molar-refractivity contribution >= 4 is 43.7 Å². The van der Waals surface area contributed by atoms with E-state index in [1.807, 2.05) is 66.7 Å². The van der Waals surface area contributed by atoms with Crippen molar-refractivity contribution in [1.82, 2.24) is 19.5 Å². The van der Waals surface area contributed by atoms with E-state index in [0.29, 0.717) is 17.5 Å². The van der Waals surface area contributed by atoms with Crippen LogP contribution in [0.2, 0.25) is 0 Å². The number of aromatic nitrogens is 4. The quantitative estimate of drug-likeness (QED) is 0.186. The summed E-state index contributed by atoms with van der Waals surface area (Å²) in [4.78, 5) is 14.9. The summed E-state index contributed by atoms with van der Waals surface area (Å²) >= 11 is 0. The van der Waals surface area contributed by atoms with Crippen LogP contribution in [0.3, 0.4) is 0 Å². The number of nitrogens with zero attached hydrogens (tertiary/aromatic N) is 4. The van der Waals surface area contributed by atoms with Gasteiger partial charge in [-0.25, -0.2) is 15.0 Å². The van der Waals surface area contributed by atoms with E-state index in [0.717, 1.165) is 49.8 Å². The van der Waals surface area contributed by atoms with Gasteiger partial charge in [-0.3, -0.25) is 0 Å². The molecule has 0 aliphatic heterocycles. The molecule has 0 radical (unpaired) electrons. The highest BCUT2D eigenvalue weighted by Gasteiger charge is 2.40. The van der Waals surface area contributed by atoms with Crippen LogP contribution in [0.1, 0.15) is 25.0 Å². The Labute approximate surface area is 305 Å². The van der Waals surface area contributed by atoms with Gasteiger partial charge in [-0.2, -0.15) is 0 Å². The van der Waals surface area contributed by atoms with E-state index in [9.17, 15) is 0 Å². The predicted octanol–water partition coefficient (Wildman–Crippen LogP) is 12.2. The van der Waals surface area contributed by atoms with Crippen molar-refractivity contribution in [2.24, 2.45) is 0 Å².